The first kappa shape index (κ1) is 17.7. The molecule has 0 atom stereocenters. The second-order valence-corrected chi connectivity index (χ2v) is 7.25. The predicted octanol–water partition coefficient (Wildman–Crippen LogP) is 4.51. The zero-order chi connectivity index (χ0) is 19.6. The van der Waals surface area contributed by atoms with Crippen LogP contribution < -0.4 is 10.2 Å². The van der Waals surface area contributed by atoms with Crippen LogP contribution in [0.4, 0.5) is 17.5 Å². The summed E-state index contributed by atoms with van der Waals surface area (Å²) < 4.78 is 5.47. The summed E-state index contributed by atoms with van der Waals surface area (Å²) in [5.41, 5.74) is 5.31. The van der Waals surface area contributed by atoms with Crippen molar-refractivity contribution in [3.8, 4) is 11.1 Å². The Hall–Kier alpha value is -3.38. The second-order valence-electron chi connectivity index (χ2n) is 7.25. The summed E-state index contributed by atoms with van der Waals surface area (Å²) in [6.07, 6.45) is 0. The Kier molecular flexibility index (Phi) is 4.62. The maximum absolute atomic E-state index is 5.47. The molecule has 29 heavy (non-hydrogen) atoms. The highest BCUT2D eigenvalue weighted by Crippen LogP contribution is 2.28. The van der Waals surface area contributed by atoms with Gasteiger partial charge in [0.15, 0.2) is 0 Å². The summed E-state index contributed by atoms with van der Waals surface area (Å²) in [5.74, 6) is 1.54. The molecule has 1 fully saturated rings. The minimum atomic E-state index is 0.703. The Morgan fingerprint density at radius 2 is 1.66 bits per heavy atom. The van der Waals surface area contributed by atoms with Crippen LogP contribution in [0, 0.1) is 6.92 Å². The first-order valence-electron chi connectivity index (χ1n) is 9.89. The molecule has 2 aromatic heterocycles. The van der Waals surface area contributed by atoms with Gasteiger partial charge >= 0.3 is 0 Å². The van der Waals surface area contributed by atoms with Crippen LogP contribution in [0.15, 0.2) is 60.7 Å². The van der Waals surface area contributed by atoms with E-state index in [-0.39, 0.29) is 0 Å². The number of H-pyrrole nitrogens is 1. The first-order valence-corrected chi connectivity index (χ1v) is 9.89. The molecule has 146 valence electrons. The number of aryl methyl sites for hydroxylation is 1. The lowest BCUT2D eigenvalue weighted by molar-refractivity contribution is 0.122. The number of hydrogen-bond donors (Lipinski definition) is 2. The molecule has 0 unspecified atom stereocenters. The number of rotatable bonds is 4. The molecule has 0 spiro atoms. The molecular weight excluding hydrogens is 362 g/mol. The molecule has 1 aliphatic rings. The molecule has 1 saturated heterocycles. The van der Waals surface area contributed by atoms with E-state index >= 15 is 0 Å². The Morgan fingerprint density at radius 1 is 0.931 bits per heavy atom. The second kappa shape index (κ2) is 7.56. The quantitative estimate of drug-likeness (QED) is 0.541. The molecule has 0 bridgehead atoms. The number of hydrogen-bond acceptors (Lipinski definition) is 5. The minimum Gasteiger partial charge on any atom is -0.378 e. The van der Waals surface area contributed by atoms with Gasteiger partial charge in [-0.25, -0.2) is 0 Å². The number of benzene rings is 2. The van der Waals surface area contributed by atoms with Gasteiger partial charge in [0.2, 0.25) is 5.95 Å². The normalized spacial score (nSPS) is 14.3. The minimum absolute atomic E-state index is 0.703. The van der Waals surface area contributed by atoms with Crippen LogP contribution in [0.25, 0.3) is 22.2 Å². The number of morpholine rings is 1. The average molecular weight is 385 g/mol. The SMILES string of the molecule is Cc1cc2c(Nc3ccc(-c4ccccc4)cc3)nc(N3CCOCC3)nc2[nH]1. The lowest BCUT2D eigenvalue weighted by atomic mass is 10.1. The molecule has 4 aromatic rings. The van der Waals surface area contributed by atoms with Crippen molar-refractivity contribution in [3.63, 3.8) is 0 Å². The highest BCUT2D eigenvalue weighted by molar-refractivity contribution is 5.91. The summed E-state index contributed by atoms with van der Waals surface area (Å²) in [6, 6.07) is 20.9. The van der Waals surface area contributed by atoms with E-state index in [1.807, 2.05) is 13.0 Å². The zero-order valence-corrected chi connectivity index (χ0v) is 16.4. The summed E-state index contributed by atoms with van der Waals surface area (Å²) in [7, 11) is 0. The van der Waals surface area contributed by atoms with E-state index in [0.717, 1.165) is 47.3 Å². The van der Waals surface area contributed by atoms with Crippen LogP contribution >= 0.6 is 0 Å². The number of fused-ring (bicyclic) bond motifs is 1. The Labute approximate surface area is 169 Å². The van der Waals surface area contributed by atoms with E-state index in [1.54, 1.807) is 0 Å². The summed E-state index contributed by atoms with van der Waals surface area (Å²) in [4.78, 5) is 15.1. The van der Waals surface area contributed by atoms with Gasteiger partial charge in [-0.15, -0.1) is 0 Å². The zero-order valence-electron chi connectivity index (χ0n) is 16.4. The molecule has 0 saturated carbocycles. The van der Waals surface area contributed by atoms with Crippen LogP contribution in [0.5, 0.6) is 0 Å². The van der Waals surface area contributed by atoms with Crippen molar-refractivity contribution in [3.05, 3.63) is 66.4 Å². The van der Waals surface area contributed by atoms with E-state index in [1.165, 1.54) is 11.1 Å². The van der Waals surface area contributed by atoms with Gasteiger partial charge in [0.1, 0.15) is 11.5 Å². The van der Waals surface area contributed by atoms with Crippen molar-refractivity contribution in [1.82, 2.24) is 15.0 Å². The van der Waals surface area contributed by atoms with Crippen molar-refractivity contribution >= 4 is 28.5 Å². The third-order valence-corrected chi connectivity index (χ3v) is 5.16. The Bertz CT molecular complexity index is 1120. The van der Waals surface area contributed by atoms with Crippen molar-refractivity contribution in [2.45, 2.75) is 6.92 Å². The summed E-state index contributed by atoms with van der Waals surface area (Å²) in [5, 5.41) is 4.48. The molecule has 1 aliphatic heterocycles. The van der Waals surface area contributed by atoms with Crippen molar-refractivity contribution in [2.75, 3.05) is 36.5 Å². The molecule has 0 amide bonds. The number of nitrogens with zero attached hydrogens (tertiary/aromatic N) is 3. The predicted molar refractivity (Wildman–Crippen MR) is 117 cm³/mol. The van der Waals surface area contributed by atoms with E-state index in [4.69, 9.17) is 14.7 Å². The monoisotopic (exact) mass is 385 g/mol. The van der Waals surface area contributed by atoms with Crippen LogP contribution in [-0.4, -0.2) is 41.3 Å². The number of nitrogens with one attached hydrogen (secondary N) is 2. The Morgan fingerprint density at radius 3 is 2.41 bits per heavy atom. The maximum atomic E-state index is 5.47. The molecule has 0 radical (unpaired) electrons. The lowest BCUT2D eigenvalue weighted by Gasteiger charge is -2.27. The van der Waals surface area contributed by atoms with Gasteiger partial charge in [-0.2, -0.15) is 9.97 Å². The van der Waals surface area contributed by atoms with Gasteiger partial charge in [-0.05, 0) is 36.2 Å². The van der Waals surface area contributed by atoms with E-state index in [9.17, 15) is 0 Å². The van der Waals surface area contributed by atoms with E-state index in [0.29, 0.717) is 13.2 Å². The fourth-order valence-corrected chi connectivity index (χ4v) is 3.64. The van der Waals surface area contributed by atoms with Crippen LogP contribution in [-0.2, 0) is 4.74 Å². The number of aromatic amines is 1. The molecule has 5 rings (SSSR count). The van der Waals surface area contributed by atoms with Gasteiger partial charge < -0.3 is 19.9 Å². The summed E-state index contributed by atoms with van der Waals surface area (Å²) in [6.45, 7) is 5.05. The third-order valence-electron chi connectivity index (χ3n) is 5.16. The van der Waals surface area contributed by atoms with Gasteiger partial charge in [0.25, 0.3) is 0 Å². The largest absolute Gasteiger partial charge is 0.378 e. The molecule has 6 nitrogen and oxygen atoms in total. The first-order chi connectivity index (χ1) is 14.3. The molecule has 2 N–H and O–H groups in total. The van der Waals surface area contributed by atoms with Crippen molar-refractivity contribution in [1.29, 1.82) is 0 Å². The molecular formula is C23H23N5O. The van der Waals surface area contributed by atoms with Gasteiger partial charge in [-0.3, -0.25) is 0 Å². The fraction of sp³-hybridized carbons (Fsp3) is 0.217. The average Bonchev–Trinajstić information content (AvgIpc) is 3.16. The van der Waals surface area contributed by atoms with Gasteiger partial charge in [0, 0.05) is 24.5 Å². The topological polar surface area (TPSA) is 66.1 Å². The van der Waals surface area contributed by atoms with Gasteiger partial charge in [-0.1, -0.05) is 42.5 Å². The third kappa shape index (κ3) is 3.67. The van der Waals surface area contributed by atoms with E-state index < -0.39 is 0 Å². The lowest BCUT2D eigenvalue weighted by Crippen LogP contribution is -2.37. The van der Waals surface area contributed by atoms with Crippen molar-refractivity contribution in [2.24, 2.45) is 0 Å². The highest BCUT2D eigenvalue weighted by atomic mass is 16.5. The maximum Gasteiger partial charge on any atom is 0.229 e. The standard InChI is InChI=1S/C23H23N5O/c1-16-15-20-21(24-16)26-23(28-11-13-29-14-12-28)27-22(20)25-19-9-7-18(8-10-19)17-5-3-2-4-6-17/h2-10,15H,11-14H2,1H3,(H2,24,25,26,27). The number of ether oxygens (including phenoxy) is 1. The molecule has 2 aromatic carbocycles. The van der Waals surface area contributed by atoms with Crippen molar-refractivity contribution < 1.29 is 4.74 Å². The van der Waals surface area contributed by atoms with E-state index in [2.05, 4.69) is 69.8 Å². The van der Waals surface area contributed by atoms with Crippen LogP contribution in [0.1, 0.15) is 5.69 Å². The number of aromatic nitrogens is 3. The smallest absolute Gasteiger partial charge is 0.229 e. The molecule has 6 heteroatoms. The molecule has 3 heterocycles. The van der Waals surface area contributed by atoms with Gasteiger partial charge in [0.05, 0.1) is 18.6 Å². The summed E-state index contributed by atoms with van der Waals surface area (Å²) >= 11 is 0. The highest BCUT2D eigenvalue weighted by Gasteiger charge is 2.17. The molecule has 0 aliphatic carbocycles. The van der Waals surface area contributed by atoms with Crippen LogP contribution in [0.2, 0.25) is 0 Å². The van der Waals surface area contributed by atoms with Crippen LogP contribution in [0.3, 0.4) is 0 Å². The fourth-order valence-electron chi connectivity index (χ4n) is 3.64. The Balaban J connectivity index is 1.47. The number of anilines is 3.